The van der Waals surface area contributed by atoms with Crippen LogP contribution in [-0.2, 0) is 11.3 Å². The molecular weight excluding hydrogens is 315 g/mol. The summed E-state index contributed by atoms with van der Waals surface area (Å²) in [6.07, 6.45) is 0. The number of nitrogens with one attached hydrogen (secondary N) is 1. The van der Waals surface area contributed by atoms with Gasteiger partial charge in [0.15, 0.2) is 0 Å². The first-order chi connectivity index (χ1) is 12.0. The summed E-state index contributed by atoms with van der Waals surface area (Å²) in [6.45, 7) is 2.19. The van der Waals surface area contributed by atoms with Gasteiger partial charge in [0.25, 0.3) is 0 Å². The van der Waals surface area contributed by atoms with Crippen molar-refractivity contribution in [2.75, 3.05) is 12.4 Å². The van der Waals surface area contributed by atoms with Crippen molar-refractivity contribution in [1.29, 1.82) is 0 Å². The predicted molar refractivity (Wildman–Crippen MR) is 99.9 cm³/mol. The number of rotatable bonds is 5. The Hall–Kier alpha value is -2.72. The van der Waals surface area contributed by atoms with Crippen LogP contribution in [0.3, 0.4) is 0 Å². The molecule has 25 heavy (non-hydrogen) atoms. The maximum atomic E-state index is 13.8. The zero-order valence-corrected chi connectivity index (χ0v) is 14.4. The van der Waals surface area contributed by atoms with E-state index >= 15 is 0 Å². The highest BCUT2D eigenvalue weighted by Crippen LogP contribution is 2.19. The minimum Gasteiger partial charge on any atom is -0.325 e. The van der Waals surface area contributed by atoms with Crippen molar-refractivity contribution >= 4 is 22.4 Å². The van der Waals surface area contributed by atoms with Crippen LogP contribution in [-0.4, -0.2) is 23.9 Å². The summed E-state index contributed by atoms with van der Waals surface area (Å²) in [7, 11) is 1.82. The van der Waals surface area contributed by atoms with Gasteiger partial charge in [0.2, 0.25) is 5.91 Å². The van der Waals surface area contributed by atoms with Gasteiger partial charge >= 0.3 is 0 Å². The number of hydrogen-bond acceptors (Lipinski definition) is 2. The largest absolute Gasteiger partial charge is 0.325 e. The molecule has 0 aliphatic carbocycles. The number of likely N-dealkylation sites (N-methyl/N-ethyl adjacent to an activating group) is 1. The van der Waals surface area contributed by atoms with Gasteiger partial charge in [-0.1, -0.05) is 48.5 Å². The summed E-state index contributed by atoms with van der Waals surface area (Å²) in [5.74, 6) is -0.370. The summed E-state index contributed by atoms with van der Waals surface area (Å²) in [4.78, 5) is 14.3. The minimum atomic E-state index is -0.383. The molecular formula is C21H21FN2O. The molecule has 1 atom stereocenters. The van der Waals surface area contributed by atoms with Gasteiger partial charge in [-0.25, -0.2) is 4.39 Å². The van der Waals surface area contributed by atoms with Crippen LogP contribution in [0, 0.1) is 5.82 Å². The van der Waals surface area contributed by atoms with E-state index in [9.17, 15) is 9.18 Å². The molecule has 0 heterocycles. The Labute approximate surface area is 147 Å². The standard InChI is InChI=1S/C21H21FN2O/c1-15(24(2)14-18-9-5-6-10-20(18)22)21(25)23-19-12-11-16-7-3-4-8-17(16)13-19/h3-13,15H,14H2,1-2H3,(H,23,25)/t15-/m1/s1. The molecule has 1 amide bonds. The third kappa shape index (κ3) is 4.03. The second-order valence-electron chi connectivity index (χ2n) is 6.23. The van der Waals surface area contributed by atoms with Crippen molar-refractivity contribution in [3.63, 3.8) is 0 Å². The summed E-state index contributed by atoms with van der Waals surface area (Å²) < 4.78 is 13.8. The Balaban J connectivity index is 1.67. The van der Waals surface area contributed by atoms with Gasteiger partial charge in [-0.3, -0.25) is 9.69 Å². The molecule has 3 nitrogen and oxygen atoms in total. The lowest BCUT2D eigenvalue weighted by atomic mass is 10.1. The molecule has 0 aliphatic rings. The number of carbonyl (C=O) groups is 1. The molecule has 0 spiro atoms. The van der Waals surface area contributed by atoms with E-state index < -0.39 is 0 Å². The van der Waals surface area contributed by atoms with Crippen LogP contribution in [0.5, 0.6) is 0 Å². The summed E-state index contributed by atoms with van der Waals surface area (Å²) in [5, 5.41) is 5.15. The monoisotopic (exact) mass is 336 g/mol. The van der Waals surface area contributed by atoms with E-state index in [0.29, 0.717) is 12.1 Å². The number of benzene rings is 3. The van der Waals surface area contributed by atoms with Gasteiger partial charge in [0.1, 0.15) is 5.82 Å². The average molecular weight is 336 g/mol. The number of anilines is 1. The molecule has 0 bridgehead atoms. The fourth-order valence-electron chi connectivity index (χ4n) is 2.75. The molecule has 0 saturated carbocycles. The van der Waals surface area contributed by atoms with E-state index in [1.807, 2.05) is 61.3 Å². The SMILES string of the molecule is C[C@H](C(=O)Nc1ccc2ccccc2c1)N(C)Cc1ccccc1F. The second kappa shape index (κ2) is 7.45. The molecule has 4 heteroatoms. The fraction of sp³-hybridized carbons (Fsp3) is 0.190. The number of carbonyl (C=O) groups excluding carboxylic acids is 1. The summed E-state index contributed by atoms with van der Waals surface area (Å²) in [5.41, 5.74) is 1.34. The van der Waals surface area contributed by atoms with E-state index in [1.54, 1.807) is 18.2 Å². The minimum absolute atomic E-state index is 0.117. The summed E-state index contributed by atoms with van der Waals surface area (Å²) in [6, 6.07) is 20.1. The van der Waals surface area contributed by atoms with Crippen LogP contribution in [0.15, 0.2) is 66.7 Å². The van der Waals surface area contributed by atoms with Crippen LogP contribution in [0.1, 0.15) is 12.5 Å². The number of nitrogens with zero attached hydrogens (tertiary/aromatic N) is 1. The molecule has 0 fully saturated rings. The van der Waals surface area contributed by atoms with Crippen LogP contribution < -0.4 is 5.32 Å². The Morgan fingerprint density at radius 3 is 2.48 bits per heavy atom. The number of fused-ring (bicyclic) bond motifs is 1. The van der Waals surface area contributed by atoms with Crippen molar-refractivity contribution in [3.05, 3.63) is 78.1 Å². The molecule has 3 aromatic rings. The maximum Gasteiger partial charge on any atom is 0.241 e. The lowest BCUT2D eigenvalue weighted by Crippen LogP contribution is -2.39. The zero-order valence-electron chi connectivity index (χ0n) is 14.4. The lowest BCUT2D eigenvalue weighted by Gasteiger charge is -2.24. The Morgan fingerprint density at radius 1 is 1.04 bits per heavy atom. The van der Waals surface area contributed by atoms with E-state index in [1.165, 1.54) is 6.07 Å². The maximum absolute atomic E-state index is 13.8. The van der Waals surface area contributed by atoms with E-state index in [4.69, 9.17) is 0 Å². The molecule has 0 unspecified atom stereocenters. The van der Waals surface area contributed by atoms with Gasteiger partial charge < -0.3 is 5.32 Å². The first-order valence-corrected chi connectivity index (χ1v) is 8.28. The topological polar surface area (TPSA) is 32.3 Å². The van der Waals surface area contributed by atoms with Crippen molar-refractivity contribution in [3.8, 4) is 0 Å². The molecule has 0 radical (unpaired) electrons. The fourth-order valence-corrected chi connectivity index (χ4v) is 2.75. The molecule has 1 N–H and O–H groups in total. The van der Waals surface area contributed by atoms with Crippen LogP contribution in [0.2, 0.25) is 0 Å². The Bertz CT molecular complexity index is 894. The number of hydrogen-bond donors (Lipinski definition) is 1. The molecule has 0 aliphatic heterocycles. The van der Waals surface area contributed by atoms with Crippen LogP contribution >= 0.6 is 0 Å². The molecule has 128 valence electrons. The van der Waals surface area contributed by atoms with E-state index in [2.05, 4.69) is 5.32 Å². The normalized spacial score (nSPS) is 12.3. The Morgan fingerprint density at radius 2 is 1.72 bits per heavy atom. The van der Waals surface area contributed by atoms with Crippen molar-refractivity contribution in [1.82, 2.24) is 4.90 Å². The van der Waals surface area contributed by atoms with Crippen molar-refractivity contribution < 1.29 is 9.18 Å². The first kappa shape index (κ1) is 17.1. The van der Waals surface area contributed by atoms with Gasteiger partial charge in [0, 0.05) is 17.8 Å². The molecule has 0 aromatic heterocycles. The van der Waals surface area contributed by atoms with Crippen LogP contribution in [0.25, 0.3) is 10.8 Å². The number of amides is 1. The van der Waals surface area contributed by atoms with Gasteiger partial charge in [0.05, 0.1) is 6.04 Å². The van der Waals surface area contributed by atoms with Crippen molar-refractivity contribution in [2.24, 2.45) is 0 Å². The first-order valence-electron chi connectivity index (χ1n) is 8.28. The average Bonchev–Trinajstić information content (AvgIpc) is 2.62. The smallest absolute Gasteiger partial charge is 0.241 e. The number of halogens is 1. The van der Waals surface area contributed by atoms with Gasteiger partial charge in [-0.15, -0.1) is 0 Å². The quantitative estimate of drug-likeness (QED) is 0.747. The molecule has 3 rings (SSSR count). The summed E-state index contributed by atoms with van der Waals surface area (Å²) >= 11 is 0. The highest BCUT2D eigenvalue weighted by atomic mass is 19.1. The predicted octanol–water partition coefficient (Wildman–Crippen LogP) is 4.44. The van der Waals surface area contributed by atoms with Crippen molar-refractivity contribution in [2.45, 2.75) is 19.5 Å². The third-order valence-electron chi connectivity index (χ3n) is 4.44. The molecule has 0 saturated heterocycles. The molecule has 3 aromatic carbocycles. The van der Waals surface area contributed by atoms with E-state index in [0.717, 1.165) is 16.5 Å². The van der Waals surface area contributed by atoms with Gasteiger partial charge in [-0.2, -0.15) is 0 Å². The van der Waals surface area contributed by atoms with Gasteiger partial charge in [-0.05, 0) is 42.9 Å². The highest BCUT2D eigenvalue weighted by molar-refractivity contribution is 5.97. The second-order valence-corrected chi connectivity index (χ2v) is 6.23. The zero-order chi connectivity index (χ0) is 17.8. The lowest BCUT2D eigenvalue weighted by molar-refractivity contribution is -0.120. The van der Waals surface area contributed by atoms with E-state index in [-0.39, 0.29) is 17.8 Å². The van der Waals surface area contributed by atoms with Crippen LogP contribution in [0.4, 0.5) is 10.1 Å². The Kier molecular flexibility index (Phi) is 5.10. The highest BCUT2D eigenvalue weighted by Gasteiger charge is 2.19. The third-order valence-corrected chi connectivity index (χ3v) is 4.44.